The number of anilines is 1. The Labute approximate surface area is 124 Å². The highest BCUT2D eigenvalue weighted by Crippen LogP contribution is 2.30. The summed E-state index contributed by atoms with van der Waals surface area (Å²) in [6, 6.07) is 5.42. The van der Waals surface area contributed by atoms with Crippen molar-refractivity contribution in [3.05, 3.63) is 52.6 Å². The zero-order valence-corrected chi connectivity index (χ0v) is 11.5. The smallest absolute Gasteiger partial charge is 0.356 e. The fraction of sp³-hybridized carbons (Fsp3) is 0.357. The van der Waals surface area contributed by atoms with E-state index < -0.39 is 11.7 Å². The normalized spacial score (nSPS) is 15.7. The highest BCUT2D eigenvalue weighted by atomic mass is 19.4. The lowest BCUT2D eigenvalue weighted by Gasteiger charge is -2.40. The first-order valence-electron chi connectivity index (χ1n) is 6.74. The Bertz CT molecular complexity index is 705. The van der Waals surface area contributed by atoms with Gasteiger partial charge in [0.05, 0.1) is 12.1 Å². The average molecular weight is 310 g/mol. The Balaban J connectivity index is 1.59. The summed E-state index contributed by atoms with van der Waals surface area (Å²) in [5, 5.41) is 3.98. The van der Waals surface area contributed by atoms with Crippen molar-refractivity contribution in [2.24, 2.45) is 5.92 Å². The molecule has 2 aromatic rings. The van der Waals surface area contributed by atoms with Crippen molar-refractivity contribution in [1.82, 2.24) is 14.8 Å². The average Bonchev–Trinajstić information content (AvgIpc) is 2.43. The first kappa shape index (κ1) is 14.6. The standard InChI is InChI=1S/C14H13F3N4O/c15-14(16,17)11-3-4-12(18-6-11)20-7-10(8-20)9-21-13(22)2-1-5-19-21/h1-6,10H,7-9H2. The van der Waals surface area contributed by atoms with Gasteiger partial charge in [-0.15, -0.1) is 0 Å². The Morgan fingerprint density at radius 2 is 2.00 bits per heavy atom. The molecular formula is C14H13F3N4O. The van der Waals surface area contributed by atoms with E-state index >= 15 is 0 Å². The van der Waals surface area contributed by atoms with Crippen LogP contribution in [0, 0.1) is 5.92 Å². The summed E-state index contributed by atoms with van der Waals surface area (Å²) in [6.45, 7) is 1.78. The molecule has 0 saturated carbocycles. The summed E-state index contributed by atoms with van der Waals surface area (Å²) in [7, 11) is 0. The van der Waals surface area contributed by atoms with E-state index in [1.807, 2.05) is 4.90 Å². The maximum absolute atomic E-state index is 12.5. The number of rotatable bonds is 3. The van der Waals surface area contributed by atoms with E-state index in [0.29, 0.717) is 25.5 Å². The van der Waals surface area contributed by atoms with Gasteiger partial charge in [-0.2, -0.15) is 18.3 Å². The van der Waals surface area contributed by atoms with Gasteiger partial charge in [0.25, 0.3) is 5.56 Å². The van der Waals surface area contributed by atoms with E-state index in [-0.39, 0.29) is 11.5 Å². The first-order chi connectivity index (χ1) is 10.4. The van der Waals surface area contributed by atoms with E-state index in [1.54, 1.807) is 12.3 Å². The van der Waals surface area contributed by atoms with Gasteiger partial charge in [0, 0.05) is 37.5 Å². The quantitative estimate of drug-likeness (QED) is 0.867. The van der Waals surface area contributed by atoms with Crippen molar-refractivity contribution in [3.63, 3.8) is 0 Å². The number of alkyl halides is 3. The number of halogens is 3. The van der Waals surface area contributed by atoms with Crippen LogP contribution in [0.4, 0.5) is 19.0 Å². The van der Waals surface area contributed by atoms with Gasteiger partial charge in [0.2, 0.25) is 0 Å². The number of pyridine rings is 1. The zero-order chi connectivity index (χ0) is 15.7. The largest absolute Gasteiger partial charge is 0.417 e. The monoisotopic (exact) mass is 310 g/mol. The van der Waals surface area contributed by atoms with Crippen molar-refractivity contribution in [2.75, 3.05) is 18.0 Å². The van der Waals surface area contributed by atoms with Crippen LogP contribution in [0.2, 0.25) is 0 Å². The minimum absolute atomic E-state index is 0.159. The van der Waals surface area contributed by atoms with Crippen molar-refractivity contribution in [1.29, 1.82) is 0 Å². The number of hydrogen-bond acceptors (Lipinski definition) is 4. The molecule has 1 fully saturated rings. The van der Waals surface area contributed by atoms with Crippen molar-refractivity contribution in [2.45, 2.75) is 12.7 Å². The molecule has 3 heterocycles. The predicted molar refractivity (Wildman–Crippen MR) is 73.4 cm³/mol. The van der Waals surface area contributed by atoms with Gasteiger partial charge in [0.1, 0.15) is 5.82 Å². The minimum atomic E-state index is -4.37. The molecule has 0 aliphatic carbocycles. The third kappa shape index (κ3) is 2.95. The fourth-order valence-corrected chi connectivity index (χ4v) is 2.38. The lowest BCUT2D eigenvalue weighted by atomic mass is 10.0. The summed E-state index contributed by atoms with van der Waals surface area (Å²) in [5.41, 5.74) is -0.915. The molecule has 0 spiro atoms. The van der Waals surface area contributed by atoms with Gasteiger partial charge in [-0.3, -0.25) is 4.79 Å². The SMILES string of the molecule is O=c1cccnn1CC1CN(c2ccc(C(F)(F)F)cn2)C1. The van der Waals surface area contributed by atoms with Crippen LogP contribution in [0.5, 0.6) is 0 Å². The third-order valence-electron chi connectivity index (χ3n) is 3.57. The Hall–Kier alpha value is -2.38. The van der Waals surface area contributed by atoms with Gasteiger partial charge in [-0.1, -0.05) is 0 Å². The molecule has 0 amide bonds. The summed E-state index contributed by atoms with van der Waals surface area (Å²) >= 11 is 0. The molecule has 3 rings (SSSR count). The number of aromatic nitrogens is 3. The molecule has 0 bridgehead atoms. The third-order valence-corrected chi connectivity index (χ3v) is 3.57. The summed E-state index contributed by atoms with van der Waals surface area (Å²) < 4.78 is 38.8. The first-order valence-corrected chi connectivity index (χ1v) is 6.74. The van der Waals surface area contributed by atoms with Gasteiger partial charge in [0.15, 0.2) is 0 Å². The van der Waals surface area contributed by atoms with E-state index in [2.05, 4.69) is 10.1 Å². The maximum Gasteiger partial charge on any atom is 0.417 e. The lowest BCUT2D eigenvalue weighted by molar-refractivity contribution is -0.137. The van der Waals surface area contributed by atoms with Gasteiger partial charge in [-0.05, 0) is 18.2 Å². The van der Waals surface area contributed by atoms with Crippen molar-refractivity contribution < 1.29 is 13.2 Å². The highest BCUT2D eigenvalue weighted by Gasteiger charge is 2.32. The van der Waals surface area contributed by atoms with Crippen molar-refractivity contribution in [3.8, 4) is 0 Å². The van der Waals surface area contributed by atoms with Crippen LogP contribution in [-0.2, 0) is 12.7 Å². The molecule has 5 nitrogen and oxygen atoms in total. The molecule has 8 heteroatoms. The summed E-state index contributed by atoms with van der Waals surface area (Å²) in [4.78, 5) is 17.3. The van der Waals surface area contributed by atoms with Crippen LogP contribution in [0.1, 0.15) is 5.56 Å². The van der Waals surface area contributed by atoms with Gasteiger partial charge >= 0.3 is 6.18 Å². The number of hydrogen-bond donors (Lipinski definition) is 0. The molecule has 1 aliphatic heterocycles. The molecule has 0 unspecified atom stereocenters. The predicted octanol–water partition coefficient (Wildman–Crippen LogP) is 1.79. The zero-order valence-electron chi connectivity index (χ0n) is 11.5. The fourth-order valence-electron chi connectivity index (χ4n) is 2.38. The molecule has 1 aliphatic rings. The van der Waals surface area contributed by atoms with Gasteiger partial charge in [-0.25, -0.2) is 9.67 Å². The van der Waals surface area contributed by atoms with Crippen LogP contribution in [0.25, 0.3) is 0 Å². The van der Waals surface area contributed by atoms with Crippen molar-refractivity contribution >= 4 is 5.82 Å². The van der Waals surface area contributed by atoms with E-state index in [0.717, 1.165) is 12.3 Å². The number of nitrogens with zero attached hydrogens (tertiary/aromatic N) is 4. The Kier molecular flexibility index (Phi) is 3.59. The second kappa shape index (κ2) is 5.43. The van der Waals surface area contributed by atoms with Crippen LogP contribution >= 0.6 is 0 Å². The molecule has 0 radical (unpaired) electrons. The maximum atomic E-state index is 12.5. The van der Waals surface area contributed by atoms with E-state index in [9.17, 15) is 18.0 Å². The molecule has 0 aromatic carbocycles. The molecule has 116 valence electrons. The molecule has 0 N–H and O–H groups in total. The lowest BCUT2D eigenvalue weighted by Crippen LogP contribution is -2.50. The second-order valence-electron chi connectivity index (χ2n) is 5.22. The second-order valence-corrected chi connectivity index (χ2v) is 5.22. The van der Waals surface area contributed by atoms with Crippen LogP contribution in [0.3, 0.4) is 0 Å². The Morgan fingerprint density at radius 1 is 1.23 bits per heavy atom. The molecule has 0 atom stereocenters. The summed E-state index contributed by atoms with van der Waals surface area (Å²) in [5.74, 6) is 0.745. The van der Waals surface area contributed by atoms with E-state index in [4.69, 9.17) is 0 Å². The highest BCUT2D eigenvalue weighted by molar-refractivity contribution is 5.42. The molecular weight excluding hydrogens is 297 g/mol. The van der Waals surface area contributed by atoms with E-state index in [1.165, 1.54) is 16.8 Å². The topological polar surface area (TPSA) is 51.0 Å². The van der Waals surface area contributed by atoms with Crippen LogP contribution < -0.4 is 10.5 Å². The Morgan fingerprint density at radius 3 is 2.59 bits per heavy atom. The molecule has 2 aromatic heterocycles. The molecule has 1 saturated heterocycles. The van der Waals surface area contributed by atoms with Gasteiger partial charge < -0.3 is 4.90 Å². The summed E-state index contributed by atoms with van der Waals surface area (Å²) in [6.07, 6.45) is -1.98. The minimum Gasteiger partial charge on any atom is -0.356 e. The molecule has 22 heavy (non-hydrogen) atoms. The van der Waals surface area contributed by atoms with Crippen LogP contribution in [-0.4, -0.2) is 27.9 Å². The van der Waals surface area contributed by atoms with Crippen LogP contribution in [0.15, 0.2) is 41.5 Å².